The van der Waals surface area contributed by atoms with Crippen molar-refractivity contribution in [3.63, 3.8) is 0 Å². The van der Waals surface area contributed by atoms with Crippen LogP contribution in [0.5, 0.6) is 0 Å². The maximum atomic E-state index is 12.2. The maximum absolute atomic E-state index is 12.2. The number of hydrogen-bond acceptors (Lipinski definition) is 1. The molecule has 0 aliphatic rings. The maximum Gasteiger partial charge on any atom is 0.392 e. The van der Waals surface area contributed by atoms with Gasteiger partial charge in [-0.3, -0.25) is 0 Å². The van der Waals surface area contributed by atoms with Gasteiger partial charge < -0.3 is 4.79 Å². The molecule has 0 radical (unpaired) electrons. The van der Waals surface area contributed by atoms with Gasteiger partial charge in [0, 0.05) is 6.42 Å². The molecule has 0 aliphatic heterocycles. The Bertz CT molecular complexity index is 197. The lowest BCUT2D eigenvalue weighted by Gasteiger charge is -2.22. The predicted molar refractivity (Wildman–Crippen MR) is 64.9 cm³/mol. The fourth-order valence-electron chi connectivity index (χ4n) is 1.54. The Morgan fingerprint density at radius 1 is 1.12 bits per heavy atom. The Morgan fingerprint density at radius 3 is 1.65 bits per heavy atom. The number of ketones is 1. The van der Waals surface area contributed by atoms with Crippen molar-refractivity contribution in [2.24, 2.45) is 11.8 Å². The fraction of sp³-hybridized carbons (Fsp3) is 0.923. The Balaban J connectivity index is 0. The zero-order valence-electron chi connectivity index (χ0n) is 11.5. The van der Waals surface area contributed by atoms with E-state index < -0.39 is 12.1 Å². The van der Waals surface area contributed by atoms with Crippen LogP contribution in [0.4, 0.5) is 13.2 Å². The molecule has 0 bridgehead atoms. The molecule has 0 saturated carbocycles. The minimum Gasteiger partial charge on any atom is -0.300 e. The molecule has 0 aliphatic carbocycles. The summed E-state index contributed by atoms with van der Waals surface area (Å²) in [7, 11) is 0. The molecular formula is C13H25F3O. The minimum absolute atomic E-state index is 0.251. The Hall–Kier alpha value is -0.540. The molecule has 0 amide bonds. The highest BCUT2D eigenvalue weighted by atomic mass is 19.4. The largest absolute Gasteiger partial charge is 0.392 e. The van der Waals surface area contributed by atoms with Gasteiger partial charge in [0.15, 0.2) is 0 Å². The van der Waals surface area contributed by atoms with E-state index in [0.29, 0.717) is 6.42 Å². The van der Waals surface area contributed by atoms with Gasteiger partial charge in [0.05, 0.1) is 5.92 Å². The van der Waals surface area contributed by atoms with Gasteiger partial charge in [0.2, 0.25) is 0 Å². The van der Waals surface area contributed by atoms with Gasteiger partial charge in [-0.2, -0.15) is 13.2 Å². The topological polar surface area (TPSA) is 17.1 Å². The smallest absolute Gasteiger partial charge is 0.300 e. The zero-order chi connectivity index (χ0) is 14.1. The number of hydrogen-bond donors (Lipinski definition) is 0. The molecule has 1 nitrogen and oxygen atoms in total. The highest BCUT2D eigenvalue weighted by molar-refractivity contribution is 5.75. The summed E-state index contributed by atoms with van der Waals surface area (Å²) in [6, 6.07) is 0. The van der Waals surface area contributed by atoms with E-state index in [-0.39, 0.29) is 18.1 Å². The van der Waals surface area contributed by atoms with Crippen LogP contribution in [0.3, 0.4) is 0 Å². The average molecular weight is 254 g/mol. The Kier molecular flexibility index (Phi) is 10.5. The van der Waals surface area contributed by atoms with Gasteiger partial charge in [-0.15, -0.1) is 0 Å². The third kappa shape index (κ3) is 11.7. The summed E-state index contributed by atoms with van der Waals surface area (Å²) in [6.45, 7) is 8.63. The third-order valence-corrected chi connectivity index (χ3v) is 2.43. The summed E-state index contributed by atoms with van der Waals surface area (Å²) in [4.78, 5) is 10.0. The number of Topliss-reactive ketones (excluding diaryl/α,β-unsaturated/α-hetero) is 1. The average Bonchev–Trinajstić information content (AvgIpc) is 2.12. The summed E-state index contributed by atoms with van der Waals surface area (Å²) < 4.78 is 36.5. The van der Waals surface area contributed by atoms with Crippen LogP contribution in [0.1, 0.15) is 60.3 Å². The second-order valence-corrected chi connectivity index (χ2v) is 4.63. The second-order valence-electron chi connectivity index (χ2n) is 4.63. The van der Waals surface area contributed by atoms with Crippen molar-refractivity contribution in [2.75, 3.05) is 0 Å². The van der Waals surface area contributed by atoms with Crippen molar-refractivity contribution in [1.82, 2.24) is 0 Å². The van der Waals surface area contributed by atoms with Crippen LogP contribution in [0, 0.1) is 11.8 Å². The van der Waals surface area contributed by atoms with E-state index >= 15 is 0 Å². The molecule has 1 unspecified atom stereocenters. The summed E-state index contributed by atoms with van der Waals surface area (Å²) in [6.07, 6.45) is -1.44. The summed E-state index contributed by atoms with van der Waals surface area (Å²) >= 11 is 0. The first-order valence-electron chi connectivity index (χ1n) is 6.22. The van der Waals surface area contributed by atoms with Gasteiger partial charge in [-0.25, -0.2) is 0 Å². The van der Waals surface area contributed by atoms with E-state index in [0.717, 1.165) is 12.8 Å². The Labute approximate surface area is 103 Å². The van der Waals surface area contributed by atoms with Gasteiger partial charge in [-0.05, 0) is 25.7 Å². The minimum atomic E-state index is -4.01. The second kappa shape index (κ2) is 9.49. The molecule has 17 heavy (non-hydrogen) atoms. The van der Waals surface area contributed by atoms with E-state index in [1.165, 1.54) is 0 Å². The van der Waals surface area contributed by atoms with E-state index in [1.807, 2.05) is 6.92 Å². The number of rotatable bonds is 5. The van der Waals surface area contributed by atoms with Crippen LogP contribution in [0.15, 0.2) is 0 Å². The number of carbonyl (C=O) groups excluding carboxylic acids is 1. The van der Waals surface area contributed by atoms with Crippen molar-refractivity contribution in [1.29, 1.82) is 0 Å². The summed E-state index contributed by atoms with van der Waals surface area (Å²) in [5.74, 6) is -1.13. The van der Waals surface area contributed by atoms with Crippen LogP contribution < -0.4 is 0 Å². The van der Waals surface area contributed by atoms with Crippen molar-refractivity contribution in [3.05, 3.63) is 0 Å². The molecule has 0 spiro atoms. The van der Waals surface area contributed by atoms with Gasteiger partial charge in [0.25, 0.3) is 0 Å². The molecule has 0 saturated heterocycles. The lowest BCUT2D eigenvalue weighted by atomic mass is 9.91. The van der Waals surface area contributed by atoms with Gasteiger partial charge in [0.1, 0.15) is 5.78 Å². The van der Waals surface area contributed by atoms with E-state index in [9.17, 15) is 18.0 Å². The SMILES string of the molecule is CCCC(C(C)C)C(F)(F)F.CCCC(C)=O. The lowest BCUT2D eigenvalue weighted by molar-refractivity contribution is -0.187. The molecule has 104 valence electrons. The first-order chi connectivity index (χ1) is 7.66. The molecule has 0 aromatic heterocycles. The first kappa shape index (κ1) is 18.8. The number of carbonyl (C=O) groups is 1. The van der Waals surface area contributed by atoms with E-state index in [2.05, 4.69) is 0 Å². The molecule has 1 atom stereocenters. The van der Waals surface area contributed by atoms with Crippen molar-refractivity contribution in [3.8, 4) is 0 Å². The van der Waals surface area contributed by atoms with Crippen molar-refractivity contribution >= 4 is 5.78 Å². The number of alkyl halides is 3. The van der Waals surface area contributed by atoms with Crippen LogP contribution in [-0.2, 0) is 4.79 Å². The van der Waals surface area contributed by atoms with Crippen LogP contribution in [0.25, 0.3) is 0 Å². The molecule has 0 aromatic rings. The van der Waals surface area contributed by atoms with E-state index in [1.54, 1.807) is 27.7 Å². The molecule has 0 N–H and O–H groups in total. The summed E-state index contributed by atoms with van der Waals surface area (Å²) in [5.41, 5.74) is 0. The van der Waals surface area contributed by atoms with Crippen molar-refractivity contribution < 1.29 is 18.0 Å². The predicted octanol–water partition coefficient (Wildman–Crippen LogP) is 5.00. The number of halogens is 3. The normalized spacial score (nSPS) is 13.0. The Morgan fingerprint density at radius 2 is 1.59 bits per heavy atom. The molecule has 0 fully saturated rings. The molecule has 0 aromatic carbocycles. The van der Waals surface area contributed by atoms with E-state index in [4.69, 9.17) is 0 Å². The van der Waals surface area contributed by atoms with Crippen LogP contribution >= 0.6 is 0 Å². The van der Waals surface area contributed by atoms with Gasteiger partial charge >= 0.3 is 6.18 Å². The third-order valence-electron chi connectivity index (χ3n) is 2.43. The highest BCUT2D eigenvalue weighted by Crippen LogP contribution is 2.34. The quantitative estimate of drug-likeness (QED) is 0.675. The molecule has 0 rings (SSSR count). The first-order valence-corrected chi connectivity index (χ1v) is 6.22. The van der Waals surface area contributed by atoms with Crippen molar-refractivity contribution in [2.45, 2.75) is 66.5 Å². The monoisotopic (exact) mass is 254 g/mol. The lowest BCUT2D eigenvalue weighted by Crippen LogP contribution is -2.27. The van der Waals surface area contributed by atoms with Gasteiger partial charge in [-0.1, -0.05) is 34.1 Å². The molecule has 4 heteroatoms. The van der Waals surface area contributed by atoms with Crippen LogP contribution in [0.2, 0.25) is 0 Å². The fourth-order valence-corrected chi connectivity index (χ4v) is 1.54. The zero-order valence-corrected chi connectivity index (χ0v) is 11.5. The standard InChI is InChI=1S/C8H15F3.C5H10O/c1-4-5-7(6(2)3)8(9,10)11;1-3-4-5(2)6/h6-7H,4-5H2,1-3H3;3-4H2,1-2H3. The molecule has 0 heterocycles. The van der Waals surface area contributed by atoms with Crippen LogP contribution in [-0.4, -0.2) is 12.0 Å². The highest BCUT2D eigenvalue weighted by Gasteiger charge is 2.40. The summed E-state index contributed by atoms with van der Waals surface area (Å²) in [5, 5.41) is 0. The molecular weight excluding hydrogens is 229 g/mol.